The maximum absolute atomic E-state index is 12.9. The van der Waals surface area contributed by atoms with Gasteiger partial charge in [0.15, 0.2) is 6.61 Å². The van der Waals surface area contributed by atoms with E-state index in [0.29, 0.717) is 17.1 Å². The lowest BCUT2D eigenvalue weighted by molar-refractivity contribution is -0.121. The van der Waals surface area contributed by atoms with Crippen LogP contribution in [0.5, 0.6) is 5.75 Å². The van der Waals surface area contributed by atoms with Crippen LogP contribution in [0.3, 0.4) is 0 Å². The molecule has 3 rings (SSSR count). The number of fused-ring (bicyclic) bond motifs is 1. The number of hydrogen-bond acceptors (Lipinski definition) is 3. The van der Waals surface area contributed by atoms with E-state index in [0.717, 1.165) is 0 Å². The first-order valence-electron chi connectivity index (χ1n) is 7.64. The van der Waals surface area contributed by atoms with Crippen molar-refractivity contribution in [2.75, 3.05) is 16.8 Å². The van der Waals surface area contributed by atoms with E-state index in [1.54, 1.807) is 23.1 Å². The van der Waals surface area contributed by atoms with Crippen LogP contribution in [0.4, 0.5) is 15.8 Å². The fourth-order valence-electron chi connectivity index (χ4n) is 2.71. The number of ether oxygens (including phenoxy) is 1. The Morgan fingerprint density at radius 1 is 1.25 bits per heavy atom. The van der Waals surface area contributed by atoms with Crippen molar-refractivity contribution in [2.45, 2.75) is 19.4 Å². The minimum absolute atomic E-state index is 0.135. The number of carbonyl (C=O) groups excluding carboxylic acids is 2. The monoisotopic (exact) mass is 328 g/mol. The summed E-state index contributed by atoms with van der Waals surface area (Å²) >= 11 is 0. The van der Waals surface area contributed by atoms with Crippen molar-refractivity contribution in [1.29, 1.82) is 0 Å². The van der Waals surface area contributed by atoms with Crippen molar-refractivity contribution in [2.24, 2.45) is 0 Å². The summed E-state index contributed by atoms with van der Waals surface area (Å²) in [5.41, 5.74) is 1.24. The largest absolute Gasteiger partial charge is 0.484 e. The maximum Gasteiger partial charge on any atom is 0.265 e. The highest BCUT2D eigenvalue weighted by atomic mass is 19.1. The van der Waals surface area contributed by atoms with Crippen LogP contribution in [-0.4, -0.2) is 24.5 Å². The molecule has 0 fully saturated rings. The van der Waals surface area contributed by atoms with Crippen molar-refractivity contribution < 1.29 is 18.7 Å². The van der Waals surface area contributed by atoms with Crippen LogP contribution in [0, 0.1) is 5.82 Å². The zero-order valence-electron chi connectivity index (χ0n) is 13.2. The molecule has 0 spiro atoms. The minimum atomic E-state index is -0.367. The number of nitrogens with one attached hydrogen (secondary N) is 1. The van der Waals surface area contributed by atoms with Crippen LogP contribution in [0.15, 0.2) is 48.5 Å². The first kappa shape index (κ1) is 16.0. The number of hydrogen-bond donors (Lipinski definition) is 1. The second-order valence-corrected chi connectivity index (χ2v) is 5.62. The summed E-state index contributed by atoms with van der Waals surface area (Å²) in [6.45, 7) is 1.62. The summed E-state index contributed by atoms with van der Waals surface area (Å²) in [4.78, 5) is 26.1. The SMILES string of the molecule is C[C@@H]1CC(=O)Nc2ccccc2N1C(=O)COc1ccc(F)cc1. The molecule has 1 N–H and O–H groups in total. The molecule has 1 atom stereocenters. The van der Waals surface area contributed by atoms with Gasteiger partial charge in [0.1, 0.15) is 11.6 Å². The third-order valence-electron chi connectivity index (χ3n) is 3.80. The van der Waals surface area contributed by atoms with Crippen LogP contribution in [0.1, 0.15) is 13.3 Å². The molecule has 1 heterocycles. The number of para-hydroxylation sites is 2. The van der Waals surface area contributed by atoms with Gasteiger partial charge in [-0.15, -0.1) is 0 Å². The molecule has 124 valence electrons. The predicted molar refractivity (Wildman–Crippen MR) is 88.5 cm³/mol. The zero-order valence-corrected chi connectivity index (χ0v) is 13.2. The van der Waals surface area contributed by atoms with Crippen LogP contribution < -0.4 is 15.0 Å². The van der Waals surface area contributed by atoms with Crippen LogP contribution in [-0.2, 0) is 9.59 Å². The molecule has 2 aromatic carbocycles. The fraction of sp³-hybridized carbons (Fsp3) is 0.222. The lowest BCUT2D eigenvalue weighted by atomic mass is 10.1. The topological polar surface area (TPSA) is 58.6 Å². The lowest BCUT2D eigenvalue weighted by Crippen LogP contribution is -2.41. The van der Waals surface area contributed by atoms with Gasteiger partial charge in [0.05, 0.1) is 11.4 Å². The Balaban J connectivity index is 1.79. The summed E-state index contributed by atoms with van der Waals surface area (Å²) < 4.78 is 18.3. The van der Waals surface area contributed by atoms with Crippen LogP contribution in [0.2, 0.25) is 0 Å². The second kappa shape index (κ2) is 6.70. The molecule has 0 saturated carbocycles. The molecule has 0 bridgehead atoms. The molecule has 0 aromatic heterocycles. The molecule has 0 radical (unpaired) electrons. The average Bonchev–Trinajstić information content (AvgIpc) is 2.68. The van der Waals surface area contributed by atoms with Gasteiger partial charge in [-0.25, -0.2) is 4.39 Å². The van der Waals surface area contributed by atoms with Crippen molar-refractivity contribution in [3.8, 4) is 5.75 Å². The van der Waals surface area contributed by atoms with E-state index in [1.807, 2.05) is 13.0 Å². The van der Waals surface area contributed by atoms with E-state index in [9.17, 15) is 14.0 Å². The van der Waals surface area contributed by atoms with E-state index in [4.69, 9.17) is 4.74 Å². The van der Waals surface area contributed by atoms with Gasteiger partial charge in [-0.1, -0.05) is 12.1 Å². The quantitative estimate of drug-likeness (QED) is 0.942. The summed E-state index contributed by atoms with van der Waals surface area (Å²) in [6, 6.07) is 12.3. The number of anilines is 2. The van der Waals surface area contributed by atoms with Gasteiger partial charge < -0.3 is 15.0 Å². The van der Waals surface area contributed by atoms with Gasteiger partial charge >= 0.3 is 0 Å². The number of halogens is 1. The van der Waals surface area contributed by atoms with Gasteiger partial charge in [0, 0.05) is 12.5 Å². The number of rotatable bonds is 3. The normalized spacial score (nSPS) is 16.8. The van der Waals surface area contributed by atoms with Gasteiger partial charge in [-0.3, -0.25) is 9.59 Å². The third-order valence-corrected chi connectivity index (χ3v) is 3.80. The molecule has 24 heavy (non-hydrogen) atoms. The zero-order chi connectivity index (χ0) is 17.1. The van der Waals surface area contributed by atoms with Crippen molar-refractivity contribution in [3.63, 3.8) is 0 Å². The Hall–Kier alpha value is -2.89. The molecule has 6 heteroatoms. The van der Waals surface area contributed by atoms with Crippen LogP contribution >= 0.6 is 0 Å². The lowest BCUT2D eigenvalue weighted by Gasteiger charge is -2.27. The maximum atomic E-state index is 12.9. The third kappa shape index (κ3) is 3.37. The van der Waals surface area contributed by atoms with Gasteiger partial charge in [0.2, 0.25) is 5.91 Å². The summed E-state index contributed by atoms with van der Waals surface area (Å²) in [7, 11) is 0. The van der Waals surface area contributed by atoms with Crippen molar-refractivity contribution in [3.05, 3.63) is 54.3 Å². The highest BCUT2D eigenvalue weighted by Crippen LogP contribution is 2.31. The summed E-state index contributed by atoms with van der Waals surface area (Å²) in [6.07, 6.45) is 0.205. The Morgan fingerprint density at radius 3 is 2.71 bits per heavy atom. The standard InChI is InChI=1S/C18H17FN2O3/c1-12-10-17(22)20-15-4-2-3-5-16(15)21(12)18(23)11-24-14-8-6-13(19)7-9-14/h2-9,12H,10-11H2,1H3,(H,20,22)/t12-/m1/s1. The molecular weight excluding hydrogens is 311 g/mol. The highest BCUT2D eigenvalue weighted by Gasteiger charge is 2.29. The smallest absolute Gasteiger partial charge is 0.265 e. The first-order chi connectivity index (χ1) is 11.5. The minimum Gasteiger partial charge on any atom is -0.484 e. The van der Waals surface area contributed by atoms with E-state index in [2.05, 4.69) is 5.32 Å². The predicted octanol–water partition coefficient (Wildman–Crippen LogP) is 2.97. The van der Waals surface area contributed by atoms with E-state index in [1.165, 1.54) is 24.3 Å². The second-order valence-electron chi connectivity index (χ2n) is 5.62. The van der Waals surface area contributed by atoms with E-state index < -0.39 is 0 Å². The van der Waals surface area contributed by atoms with E-state index >= 15 is 0 Å². The highest BCUT2D eigenvalue weighted by molar-refractivity contribution is 6.04. The molecular formula is C18H17FN2O3. The molecule has 1 aliphatic rings. The van der Waals surface area contributed by atoms with Gasteiger partial charge in [0.25, 0.3) is 5.91 Å². The number of benzene rings is 2. The Kier molecular flexibility index (Phi) is 4.46. The van der Waals surface area contributed by atoms with E-state index in [-0.39, 0.29) is 36.7 Å². The van der Waals surface area contributed by atoms with Crippen molar-refractivity contribution in [1.82, 2.24) is 0 Å². The molecule has 2 aromatic rings. The van der Waals surface area contributed by atoms with Gasteiger partial charge in [-0.05, 0) is 43.3 Å². The number of amides is 2. The number of carbonyl (C=O) groups is 2. The molecule has 0 aliphatic carbocycles. The molecule has 5 nitrogen and oxygen atoms in total. The van der Waals surface area contributed by atoms with Gasteiger partial charge in [-0.2, -0.15) is 0 Å². The molecule has 0 unspecified atom stereocenters. The molecule has 0 saturated heterocycles. The van der Waals surface area contributed by atoms with Crippen molar-refractivity contribution >= 4 is 23.2 Å². The Morgan fingerprint density at radius 2 is 1.96 bits per heavy atom. The summed E-state index contributed by atoms with van der Waals surface area (Å²) in [5, 5.41) is 2.80. The molecule has 2 amide bonds. The van der Waals surface area contributed by atoms with Crippen LogP contribution in [0.25, 0.3) is 0 Å². The summed E-state index contributed by atoms with van der Waals surface area (Å²) in [5.74, 6) is -0.358. The number of nitrogens with zero attached hydrogens (tertiary/aromatic N) is 1. The average molecular weight is 328 g/mol. The Bertz CT molecular complexity index is 761. The fourth-order valence-corrected chi connectivity index (χ4v) is 2.71. The first-order valence-corrected chi connectivity index (χ1v) is 7.64. The Labute approximate surface area is 139 Å². The molecule has 1 aliphatic heterocycles.